The zero-order valence-electron chi connectivity index (χ0n) is 12.7. The van der Waals surface area contributed by atoms with Gasteiger partial charge in [0.2, 0.25) is 5.88 Å². The van der Waals surface area contributed by atoms with Crippen molar-refractivity contribution in [1.82, 2.24) is 10.3 Å². The van der Waals surface area contributed by atoms with Crippen molar-refractivity contribution in [3.63, 3.8) is 0 Å². The molecule has 0 spiro atoms. The maximum atomic E-state index is 13.0. The number of halogens is 1. The van der Waals surface area contributed by atoms with Crippen LogP contribution in [-0.2, 0) is 6.61 Å². The predicted molar refractivity (Wildman–Crippen MR) is 82.1 cm³/mol. The number of carbonyl (C=O) groups excluding carboxylic acids is 1. The van der Waals surface area contributed by atoms with Crippen LogP contribution in [0.5, 0.6) is 5.88 Å². The minimum Gasteiger partial charge on any atom is -0.473 e. The van der Waals surface area contributed by atoms with Crippen molar-refractivity contribution in [1.29, 1.82) is 0 Å². The average molecular weight is 302 g/mol. The Balaban J connectivity index is 1.90. The second-order valence-electron chi connectivity index (χ2n) is 5.41. The van der Waals surface area contributed by atoms with E-state index in [1.54, 1.807) is 24.3 Å². The van der Waals surface area contributed by atoms with Gasteiger partial charge >= 0.3 is 0 Å². The van der Waals surface area contributed by atoms with Crippen molar-refractivity contribution < 1.29 is 13.9 Å². The first-order valence-electron chi connectivity index (χ1n) is 7.16. The number of pyridine rings is 1. The molecule has 1 aromatic heterocycles. The number of hydrogen-bond donors (Lipinski definition) is 1. The minimum atomic E-state index is -0.300. The molecule has 1 heterocycles. The van der Waals surface area contributed by atoms with Crippen LogP contribution in [-0.4, -0.2) is 17.4 Å². The summed E-state index contributed by atoms with van der Waals surface area (Å²) in [6, 6.07) is 9.48. The first-order valence-corrected chi connectivity index (χ1v) is 7.16. The lowest BCUT2D eigenvalue weighted by atomic mass is 10.2. The van der Waals surface area contributed by atoms with Gasteiger partial charge in [-0.15, -0.1) is 0 Å². The van der Waals surface area contributed by atoms with Crippen LogP contribution in [0.25, 0.3) is 0 Å². The number of ether oxygens (including phenoxy) is 1. The highest BCUT2D eigenvalue weighted by atomic mass is 19.1. The second kappa shape index (κ2) is 7.54. The molecule has 1 amide bonds. The third-order valence-corrected chi connectivity index (χ3v) is 2.95. The topological polar surface area (TPSA) is 51.2 Å². The molecule has 0 aliphatic rings. The Morgan fingerprint density at radius 1 is 1.32 bits per heavy atom. The molecule has 22 heavy (non-hydrogen) atoms. The van der Waals surface area contributed by atoms with Gasteiger partial charge in [0, 0.05) is 18.8 Å². The monoisotopic (exact) mass is 302 g/mol. The molecule has 0 fully saturated rings. The Bertz CT molecular complexity index is 627. The highest BCUT2D eigenvalue weighted by Gasteiger charge is 2.07. The maximum absolute atomic E-state index is 13.0. The number of carbonyl (C=O) groups is 1. The summed E-state index contributed by atoms with van der Waals surface area (Å²) in [6.45, 7) is 4.91. The van der Waals surface area contributed by atoms with Crippen LogP contribution in [0.2, 0.25) is 0 Å². The zero-order valence-corrected chi connectivity index (χ0v) is 12.7. The van der Waals surface area contributed by atoms with E-state index in [1.807, 2.05) is 13.8 Å². The first-order chi connectivity index (χ1) is 10.5. The highest BCUT2D eigenvalue weighted by molar-refractivity contribution is 5.93. The van der Waals surface area contributed by atoms with Gasteiger partial charge in [-0.3, -0.25) is 4.79 Å². The Kier molecular flexibility index (Phi) is 5.47. The van der Waals surface area contributed by atoms with E-state index in [4.69, 9.17) is 4.74 Å². The number of aromatic nitrogens is 1. The Labute approximate surface area is 129 Å². The standard InChI is InChI=1S/C17H19FN2O2/c1-12(2)9-20-17(21)14-6-7-16(19-10-14)22-11-13-4-3-5-15(18)8-13/h3-8,10,12H,9,11H2,1-2H3,(H,20,21). The minimum absolute atomic E-state index is 0.155. The summed E-state index contributed by atoms with van der Waals surface area (Å²) >= 11 is 0. The van der Waals surface area contributed by atoms with E-state index in [9.17, 15) is 9.18 Å². The Morgan fingerprint density at radius 3 is 2.77 bits per heavy atom. The lowest BCUT2D eigenvalue weighted by Crippen LogP contribution is -2.27. The molecule has 116 valence electrons. The zero-order chi connectivity index (χ0) is 15.9. The van der Waals surface area contributed by atoms with Crippen molar-refractivity contribution in [3.8, 4) is 5.88 Å². The summed E-state index contributed by atoms with van der Waals surface area (Å²) in [4.78, 5) is 15.9. The van der Waals surface area contributed by atoms with Crippen LogP contribution in [0.4, 0.5) is 4.39 Å². The summed E-state index contributed by atoms with van der Waals surface area (Å²) in [5.41, 5.74) is 1.21. The Hall–Kier alpha value is -2.43. The molecular weight excluding hydrogens is 283 g/mol. The van der Waals surface area contributed by atoms with E-state index < -0.39 is 0 Å². The van der Waals surface area contributed by atoms with Gasteiger partial charge in [-0.25, -0.2) is 9.37 Å². The summed E-state index contributed by atoms with van der Waals surface area (Å²) in [7, 11) is 0. The maximum Gasteiger partial charge on any atom is 0.252 e. The van der Waals surface area contributed by atoms with E-state index in [1.165, 1.54) is 18.3 Å². The van der Waals surface area contributed by atoms with E-state index in [0.717, 1.165) is 5.56 Å². The van der Waals surface area contributed by atoms with Gasteiger partial charge < -0.3 is 10.1 Å². The summed E-state index contributed by atoms with van der Waals surface area (Å²) < 4.78 is 18.5. The molecule has 1 N–H and O–H groups in total. The van der Waals surface area contributed by atoms with Gasteiger partial charge in [0.05, 0.1) is 5.56 Å². The molecule has 5 heteroatoms. The Morgan fingerprint density at radius 2 is 2.14 bits per heavy atom. The van der Waals surface area contributed by atoms with E-state index in [0.29, 0.717) is 23.9 Å². The number of amides is 1. The third-order valence-electron chi connectivity index (χ3n) is 2.95. The van der Waals surface area contributed by atoms with Crippen LogP contribution in [0, 0.1) is 11.7 Å². The molecule has 0 aliphatic heterocycles. The first kappa shape index (κ1) is 15.9. The van der Waals surface area contributed by atoms with Crippen LogP contribution in [0.15, 0.2) is 42.6 Å². The molecular formula is C17H19FN2O2. The molecule has 0 aliphatic carbocycles. The lowest BCUT2D eigenvalue weighted by Gasteiger charge is -2.08. The second-order valence-corrected chi connectivity index (χ2v) is 5.41. The number of benzene rings is 1. The van der Waals surface area contributed by atoms with Crippen molar-refractivity contribution in [2.45, 2.75) is 20.5 Å². The average Bonchev–Trinajstić information content (AvgIpc) is 2.51. The van der Waals surface area contributed by atoms with Gasteiger partial charge in [-0.05, 0) is 29.7 Å². The molecule has 0 atom stereocenters. The highest BCUT2D eigenvalue weighted by Crippen LogP contribution is 2.11. The molecule has 2 aromatic rings. The van der Waals surface area contributed by atoms with E-state index in [2.05, 4.69) is 10.3 Å². The van der Waals surface area contributed by atoms with Crippen LogP contribution >= 0.6 is 0 Å². The molecule has 0 unspecified atom stereocenters. The fourth-order valence-electron chi connectivity index (χ4n) is 1.78. The van der Waals surface area contributed by atoms with Crippen LogP contribution < -0.4 is 10.1 Å². The predicted octanol–water partition coefficient (Wildman–Crippen LogP) is 3.19. The van der Waals surface area contributed by atoms with Gasteiger partial charge in [0.25, 0.3) is 5.91 Å². The van der Waals surface area contributed by atoms with Crippen LogP contribution in [0.1, 0.15) is 29.8 Å². The van der Waals surface area contributed by atoms with E-state index in [-0.39, 0.29) is 18.3 Å². The molecule has 0 bridgehead atoms. The molecule has 0 saturated carbocycles. The largest absolute Gasteiger partial charge is 0.473 e. The molecule has 1 aromatic carbocycles. The summed E-state index contributed by atoms with van der Waals surface area (Å²) in [5.74, 6) is 0.333. The molecule has 4 nitrogen and oxygen atoms in total. The number of hydrogen-bond acceptors (Lipinski definition) is 3. The van der Waals surface area contributed by atoms with Gasteiger partial charge in [-0.1, -0.05) is 26.0 Å². The SMILES string of the molecule is CC(C)CNC(=O)c1ccc(OCc2cccc(F)c2)nc1. The number of nitrogens with one attached hydrogen (secondary N) is 1. The third kappa shape index (κ3) is 4.84. The fraction of sp³-hybridized carbons (Fsp3) is 0.294. The van der Waals surface area contributed by atoms with Gasteiger partial charge in [0.15, 0.2) is 0 Å². The summed E-state index contributed by atoms with van der Waals surface area (Å²) in [6.07, 6.45) is 1.47. The van der Waals surface area contributed by atoms with Crippen molar-refractivity contribution in [3.05, 3.63) is 59.5 Å². The van der Waals surface area contributed by atoms with Crippen molar-refractivity contribution in [2.75, 3.05) is 6.54 Å². The molecule has 0 radical (unpaired) electrons. The lowest BCUT2D eigenvalue weighted by molar-refractivity contribution is 0.0948. The van der Waals surface area contributed by atoms with Crippen LogP contribution in [0.3, 0.4) is 0 Å². The number of nitrogens with zero attached hydrogens (tertiary/aromatic N) is 1. The van der Waals surface area contributed by atoms with Crippen molar-refractivity contribution in [2.24, 2.45) is 5.92 Å². The van der Waals surface area contributed by atoms with E-state index >= 15 is 0 Å². The number of rotatable bonds is 6. The van der Waals surface area contributed by atoms with Gasteiger partial charge in [0.1, 0.15) is 12.4 Å². The molecule has 0 saturated heterocycles. The van der Waals surface area contributed by atoms with Crippen molar-refractivity contribution >= 4 is 5.91 Å². The normalized spacial score (nSPS) is 10.5. The summed E-state index contributed by atoms with van der Waals surface area (Å²) in [5, 5.41) is 2.82. The fourth-order valence-corrected chi connectivity index (χ4v) is 1.78. The molecule has 2 rings (SSSR count). The quantitative estimate of drug-likeness (QED) is 0.891. The smallest absolute Gasteiger partial charge is 0.252 e. The van der Waals surface area contributed by atoms with Gasteiger partial charge in [-0.2, -0.15) is 0 Å².